The third-order valence-corrected chi connectivity index (χ3v) is 2.45. The monoisotopic (exact) mass is 215 g/mol. The van der Waals surface area contributed by atoms with Crippen molar-refractivity contribution in [1.29, 1.82) is 0 Å². The van der Waals surface area contributed by atoms with Crippen LogP contribution in [0.2, 0.25) is 0 Å². The zero-order valence-corrected chi connectivity index (χ0v) is 10.1. The number of rotatable bonds is 2. The van der Waals surface area contributed by atoms with E-state index in [0.717, 1.165) is 13.0 Å². The van der Waals surface area contributed by atoms with E-state index in [9.17, 15) is 4.79 Å². The topological polar surface area (TPSA) is 38.8 Å². The van der Waals surface area contributed by atoms with Crippen LogP contribution in [0.1, 0.15) is 33.6 Å². The van der Waals surface area contributed by atoms with E-state index in [2.05, 4.69) is 11.9 Å². The van der Waals surface area contributed by atoms with Gasteiger partial charge in [0.05, 0.1) is 0 Å². The molecule has 0 amide bonds. The van der Waals surface area contributed by atoms with Gasteiger partial charge in [0, 0.05) is 6.04 Å². The fraction of sp³-hybridized carbons (Fsp3) is 0.909. The molecule has 1 aliphatic heterocycles. The summed E-state index contributed by atoms with van der Waals surface area (Å²) in [6.07, 6.45) is 1.71. The Morgan fingerprint density at radius 3 is 2.60 bits per heavy atom. The molecule has 4 heteroatoms. The molecular weight excluding hydrogens is 194 g/mol. The van der Waals surface area contributed by atoms with Gasteiger partial charge in [0.25, 0.3) is 0 Å². The van der Waals surface area contributed by atoms with Crippen molar-refractivity contribution >= 4 is 6.16 Å². The Morgan fingerprint density at radius 1 is 1.47 bits per heavy atom. The third-order valence-electron chi connectivity index (χ3n) is 2.45. The van der Waals surface area contributed by atoms with Crippen molar-refractivity contribution in [1.82, 2.24) is 4.90 Å². The van der Waals surface area contributed by atoms with Crippen LogP contribution in [0.15, 0.2) is 0 Å². The van der Waals surface area contributed by atoms with Gasteiger partial charge in [-0.05, 0) is 47.2 Å². The van der Waals surface area contributed by atoms with E-state index in [-0.39, 0.29) is 0 Å². The summed E-state index contributed by atoms with van der Waals surface area (Å²) in [6.45, 7) is 7.01. The van der Waals surface area contributed by atoms with Crippen LogP contribution in [0.5, 0.6) is 0 Å². The minimum atomic E-state index is -0.567. The standard InChI is InChI=1S/C11H21NO3/c1-11(2,3)15-10(13)14-8-9-6-5-7-12(9)4/h9H,5-8H2,1-4H3. The van der Waals surface area contributed by atoms with Gasteiger partial charge in [-0.25, -0.2) is 4.79 Å². The molecule has 1 fully saturated rings. The fourth-order valence-electron chi connectivity index (χ4n) is 1.63. The number of likely N-dealkylation sites (tertiary alicyclic amines) is 1. The Bertz CT molecular complexity index is 222. The SMILES string of the molecule is CN1CCCC1COC(=O)OC(C)(C)C. The molecule has 0 aromatic heterocycles. The highest BCUT2D eigenvalue weighted by Crippen LogP contribution is 2.15. The van der Waals surface area contributed by atoms with Crippen LogP contribution in [0, 0.1) is 0 Å². The Kier molecular flexibility index (Phi) is 3.97. The predicted molar refractivity (Wildman–Crippen MR) is 57.8 cm³/mol. The lowest BCUT2D eigenvalue weighted by Crippen LogP contribution is -2.32. The van der Waals surface area contributed by atoms with Crippen LogP contribution >= 0.6 is 0 Å². The number of hydrogen-bond acceptors (Lipinski definition) is 4. The molecule has 1 aliphatic rings. The largest absolute Gasteiger partial charge is 0.508 e. The molecule has 0 saturated carbocycles. The maximum Gasteiger partial charge on any atom is 0.508 e. The van der Waals surface area contributed by atoms with E-state index in [0.29, 0.717) is 12.6 Å². The van der Waals surface area contributed by atoms with Crippen molar-refractivity contribution in [3.05, 3.63) is 0 Å². The number of carbonyl (C=O) groups is 1. The van der Waals surface area contributed by atoms with Crippen LogP contribution in [0.3, 0.4) is 0 Å². The number of ether oxygens (including phenoxy) is 2. The highest BCUT2D eigenvalue weighted by atomic mass is 16.7. The number of nitrogens with zero attached hydrogens (tertiary/aromatic N) is 1. The molecule has 0 radical (unpaired) electrons. The third kappa shape index (κ3) is 4.51. The van der Waals surface area contributed by atoms with E-state index in [1.165, 1.54) is 6.42 Å². The van der Waals surface area contributed by atoms with Gasteiger partial charge in [0.15, 0.2) is 0 Å². The minimum Gasteiger partial charge on any atom is -0.433 e. The predicted octanol–water partition coefficient (Wildman–Crippen LogP) is 2.03. The van der Waals surface area contributed by atoms with Crippen molar-refractivity contribution in [2.45, 2.75) is 45.3 Å². The molecule has 88 valence electrons. The fourth-order valence-corrected chi connectivity index (χ4v) is 1.63. The van der Waals surface area contributed by atoms with Gasteiger partial charge in [0.1, 0.15) is 12.2 Å². The Hall–Kier alpha value is -0.770. The van der Waals surface area contributed by atoms with E-state index in [1.807, 2.05) is 20.8 Å². The maximum atomic E-state index is 11.3. The van der Waals surface area contributed by atoms with Gasteiger partial charge in [0.2, 0.25) is 0 Å². The molecular formula is C11H21NO3. The molecule has 0 bridgehead atoms. The quantitative estimate of drug-likeness (QED) is 0.661. The Balaban J connectivity index is 2.22. The summed E-state index contributed by atoms with van der Waals surface area (Å²) in [5, 5.41) is 0. The maximum absolute atomic E-state index is 11.3. The summed E-state index contributed by atoms with van der Waals surface area (Å²) < 4.78 is 10.1. The molecule has 0 N–H and O–H groups in total. The van der Waals surface area contributed by atoms with Gasteiger partial charge in [-0.1, -0.05) is 0 Å². The Labute approximate surface area is 91.5 Å². The summed E-state index contributed by atoms with van der Waals surface area (Å²) >= 11 is 0. The lowest BCUT2D eigenvalue weighted by Gasteiger charge is -2.22. The lowest BCUT2D eigenvalue weighted by molar-refractivity contribution is -0.0143. The highest BCUT2D eigenvalue weighted by molar-refractivity contribution is 5.60. The smallest absolute Gasteiger partial charge is 0.433 e. The van der Waals surface area contributed by atoms with Crippen LogP contribution < -0.4 is 0 Å². The van der Waals surface area contributed by atoms with Crippen molar-refractivity contribution in [3.63, 3.8) is 0 Å². The molecule has 0 aromatic rings. The molecule has 4 nitrogen and oxygen atoms in total. The molecule has 1 unspecified atom stereocenters. The Morgan fingerprint density at radius 2 is 2.13 bits per heavy atom. The highest BCUT2D eigenvalue weighted by Gasteiger charge is 2.24. The second-order valence-electron chi connectivity index (χ2n) is 5.05. The second kappa shape index (κ2) is 4.84. The minimum absolute atomic E-state index is 0.359. The first-order valence-corrected chi connectivity index (χ1v) is 5.44. The van der Waals surface area contributed by atoms with E-state index < -0.39 is 11.8 Å². The van der Waals surface area contributed by atoms with Gasteiger partial charge in [-0.3, -0.25) is 0 Å². The molecule has 1 saturated heterocycles. The first-order chi connectivity index (χ1) is 6.88. The lowest BCUT2D eigenvalue weighted by atomic mass is 10.2. The van der Waals surface area contributed by atoms with Gasteiger partial charge < -0.3 is 14.4 Å². The van der Waals surface area contributed by atoms with Crippen LogP contribution in [0.25, 0.3) is 0 Å². The summed E-state index contributed by atoms with van der Waals surface area (Å²) in [7, 11) is 2.05. The average molecular weight is 215 g/mol. The molecule has 1 rings (SSSR count). The molecule has 15 heavy (non-hydrogen) atoms. The molecule has 0 spiro atoms. The van der Waals surface area contributed by atoms with Crippen molar-refractivity contribution in [2.24, 2.45) is 0 Å². The summed E-state index contributed by atoms with van der Waals surface area (Å²) in [5.41, 5.74) is -0.474. The molecule has 0 aromatic carbocycles. The summed E-state index contributed by atoms with van der Waals surface area (Å²) in [6, 6.07) is 0.359. The van der Waals surface area contributed by atoms with Crippen LogP contribution in [0.4, 0.5) is 4.79 Å². The first kappa shape index (κ1) is 12.3. The first-order valence-electron chi connectivity index (χ1n) is 5.44. The normalized spacial score (nSPS) is 22.8. The zero-order valence-electron chi connectivity index (χ0n) is 10.1. The number of hydrogen-bond donors (Lipinski definition) is 0. The molecule has 0 aliphatic carbocycles. The second-order valence-corrected chi connectivity index (χ2v) is 5.05. The van der Waals surface area contributed by atoms with E-state index in [1.54, 1.807) is 0 Å². The number of likely N-dealkylation sites (N-methyl/N-ethyl adjacent to an activating group) is 1. The van der Waals surface area contributed by atoms with Crippen LogP contribution in [-0.2, 0) is 9.47 Å². The number of carbonyl (C=O) groups excluding carboxylic acids is 1. The van der Waals surface area contributed by atoms with E-state index >= 15 is 0 Å². The summed E-state index contributed by atoms with van der Waals surface area (Å²) in [5.74, 6) is 0. The van der Waals surface area contributed by atoms with Crippen molar-refractivity contribution < 1.29 is 14.3 Å². The molecule has 1 heterocycles. The van der Waals surface area contributed by atoms with Gasteiger partial charge in [-0.2, -0.15) is 0 Å². The van der Waals surface area contributed by atoms with Gasteiger partial charge >= 0.3 is 6.16 Å². The van der Waals surface area contributed by atoms with E-state index in [4.69, 9.17) is 9.47 Å². The zero-order chi connectivity index (χ0) is 11.5. The van der Waals surface area contributed by atoms with Crippen molar-refractivity contribution in [2.75, 3.05) is 20.2 Å². The summed E-state index contributed by atoms with van der Waals surface area (Å²) in [4.78, 5) is 13.5. The van der Waals surface area contributed by atoms with Crippen molar-refractivity contribution in [3.8, 4) is 0 Å². The van der Waals surface area contributed by atoms with Gasteiger partial charge in [-0.15, -0.1) is 0 Å². The van der Waals surface area contributed by atoms with Crippen LogP contribution in [-0.4, -0.2) is 42.9 Å². The average Bonchev–Trinajstić information content (AvgIpc) is 2.44. The molecule has 1 atom stereocenters.